The number of hydrogen-bond donors (Lipinski definition) is 3. The molecule has 3 N–H and O–H groups in total. The third-order valence-electron chi connectivity index (χ3n) is 6.99. The minimum absolute atomic E-state index is 0.172. The van der Waals surface area contributed by atoms with E-state index in [0.29, 0.717) is 18.0 Å². The van der Waals surface area contributed by atoms with Crippen molar-refractivity contribution in [1.29, 1.82) is 0 Å². The van der Waals surface area contributed by atoms with E-state index in [4.69, 9.17) is 4.74 Å². The van der Waals surface area contributed by atoms with Crippen molar-refractivity contribution in [2.75, 3.05) is 17.7 Å². The normalized spacial score (nSPS) is 12.9. The van der Waals surface area contributed by atoms with Crippen molar-refractivity contribution in [3.8, 4) is 0 Å². The number of anilines is 2. The molecule has 2 atom stereocenters. The number of aryl methyl sites for hydroxylation is 3. The number of carbonyl (C=O) groups excluding carboxylic acids is 3. The lowest BCUT2D eigenvalue weighted by molar-refractivity contribution is -0.143. The van der Waals surface area contributed by atoms with E-state index in [2.05, 4.69) is 43.6 Å². The number of benzene rings is 3. The van der Waals surface area contributed by atoms with Crippen LogP contribution >= 0.6 is 0 Å². The van der Waals surface area contributed by atoms with Crippen LogP contribution in [-0.4, -0.2) is 31.1 Å². The lowest BCUT2D eigenvalue weighted by atomic mass is 9.83. The Hall–Kier alpha value is -3.87. The number of urea groups is 1. The number of nitrogens with one attached hydrogen (secondary N) is 3. The van der Waals surface area contributed by atoms with Gasteiger partial charge in [0.1, 0.15) is 6.04 Å². The molecule has 0 spiro atoms. The van der Waals surface area contributed by atoms with Crippen LogP contribution < -0.4 is 16.0 Å². The van der Waals surface area contributed by atoms with Crippen molar-refractivity contribution in [3.05, 3.63) is 70.8 Å². The average Bonchev–Trinajstić information content (AvgIpc) is 2.86. The molecule has 0 radical (unpaired) electrons. The van der Waals surface area contributed by atoms with E-state index in [0.717, 1.165) is 46.0 Å². The minimum atomic E-state index is -0.800. The van der Waals surface area contributed by atoms with Crippen LogP contribution in [0.4, 0.5) is 16.2 Å². The highest BCUT2D eigenvalue weighted by molar-refractivity contribution is 6.10. The van der Waals surface area contributed by atoms with Crippen LogP contribution in [0, 0.1) is 32.1 Å². The fourth-order valence-corrected chi connectivity index (χ4v) is 5.40. The van der Waals surface area contributed by atoms with E-state index >= 15 is 0 Å². The molecule has 0 saturated carbocycles. The summed E-state index contributed by atoms with van der Waals surface area (Å²) in [4.78, 5) is 39.4. The molecule has 0 aliphatic rings. The Labute approximate surface area is 238 Å². The van der Waals surface area contributed by atoms with Crippen molar-refractivity contribution in [2.45, 2.75) is 73.8 Å². The van der Waals surface area contributed by atoms with E-state index < -0.39 is 23.9 Å². The van der Waals surface area contributed by atoms with Gasteiger partial charge in [-0.3, -0.25) is 4.79 Å². The van der Waals surface area contributed by atoms with Gasteiger partial charge in [0.15, 0.2) is 0 Å². The molecule has 0 aromatic heterocycles. The van der Waals surface area contributed by atoms with E-state index in [1.165, 1.54) is 7.11 Å². The fourth-order valence-electron chi connectivity index (χ4n) is 5.40. The number of rotatable bonds is 9. The van der Waals surface area contributed by atoms with Crippen LogP contribution in [0.3, 0.4) is 0 Å². The molecule has 3 amide bonds. The standard InChI is InChI=1S/C33H43N3O4/c1-20(19-33(5,6)7)13-14-27(31(38)40-8)34-30(37)26-17-24-11-9-10-12-25(24)18-28(26)35-32(39)36-29-22(3)15-21(2)16-23(29)4/h9-12,15-18,20,27H,13-14,19H2,1-8H3,(H,34,37)(H2,35,36,39). The fraction of sp³-hybridized carbons (Fsp3) is 0.424. The summed E-state index contributed by atoms with van der Waals surface area (Å²) in [5.74, 6) is -0.573. The molecule has 214 valence electrons. The number of methoxy groups -OCH3 is 1. The Balaban J connectivity index is 1.86. The molecule has 40 heavy (non-hydrogen) atoms. The van der Waals surface area contributed by atoms with Crippen LogP contribution in [0.2, 0.25) is 0 Å². The maximum Gasteiger partial charge on any atom is 0.328 e. The lowest BCUT2D eigenvalue weighted by Crippen LogP contribution is -2.42. The predicted molar refractivity (Wildman–Crippen MR) is 163 cm³/mol. The molecule has 3 aromatic carbocycles. The molecule has 7 nitrogen and oxygen atoms in total. The first-order valence-corrected chi connectivity index (χ1v) is 13.8. The van der Waals surface area contributed by atoms with Crippen molar-refractivity contribution >= 4 is 40.1 Å². The van der Waals surface area contributed by atoms with Crippen molar-refractivity contribution in [1.82, 2.24) is 5.32 Å². The topological polar surface area (TPSA) is 96.5 Å². The highest BCUT2D eigenvalue weighted by Crippen LogP contribution is 2.28. The summed E-state index contributed by atoms with van der Waals surface area (Å²) >= 11 is 0. The number of ether oxygens (including phenoxy) is 1. The average molecular weight is 546 g/mol. The van der Waals surface area contributed by atoms with Crippen LogP contribution in [0.25, 0.3) is 10.8 Å². The Kier molecular flexibility index (Phi) is 9.96. The highest BCUT2D eigenvalue weighted by Gasteiger charge is 2.26. The summed E-state index contributed by atoms with van der Waals surface area (Å²) in [7, 11) is 1.32. The maximum absolute atomic E-state index is 13.6. The quantitative estimate of drug-likeness (QED) is 0.242. The third kappa shape index (κ3) is 8.31. The second kappa shape index (κ2) is 13.0. The van der Waals surface area contributed by atoms with E-state index in [1.54, 1.807) is 12.1 Å². The third-order valence-corrected chi connectivity index (χ3v) is 6.99. The van der Waals surface area contributed by atoms with Gasteiger partial charge in [-0.05, 0) is 85.4 Å². The Morgan fingerprint density at radius 3 is 2.05 bits per heavy atom. The van der Waals surface area contributed by atoms with Crippen molar-refractivity contribution < 1.29 is 19.1 Å². The monoisotopic (exact) mass is 545 g/mol. The number of amides is 3. The number of fused-ring (bicyclic) bond motifs is 1. The van der Waals surface area contributed by atoms with E-state index in [1.807, 2.05) is 57.2 Å². The van der Waals surface area contributed by atoms with Crippen molar-refractivity contribution in [2.24, 2.45) is 11.3 Å². The Morgan fingerprint density at radius 1 is 0.875 bits per heavy atom. The SMILES string of the molecule is COC(=O)C(CCC(C)CC(C)(C)C)NC(=O)c1cc2ccccc2cc1NC(=O)Nc1c(C)cc(C)cc1C. The first kappa shape index (κ1) is 30.7. The van der Waals surface area contributed by atoms with Gasteiger partial charge in [-0.25, -0.2) is 9.59 Å². The predicted octanol–water partition coefficient (Wildman–Crippen LogP) is 7.53. The van der Waals surface area contributed by atoms with Crippen molar-refractivity contribution in [3.63, 3.8) is 0 Å². The van der Waals surface area contributed by atoms with Gasteiger partial charge in [-0.1, -0.05) is 69.7 Å². The molecule has 0 fully saturated rings. The zero-order valence-electron chi connectivity index (χ0n) is 25.0. The molecule has 7 heteroatoms. The van der Waals surface area contributed by atoms with Gasteiger partial charge < -0.3 is 20.7 Å². The van der Waals surface area contributed by atoms with Gasteiger partial charge in [-0.15, -0.1) is 0 Å². The van der Waals surface area contributed by atoms with Crippen LogP contribution in [0.1, 0.15) is 74.0 Å². The van der Waals surface area contributed by atoms with Crippen LogP contribution in [0.15, 0.2) is 48.5 Å². The molecular weight excluding hydrogens is 502 g/mol. The van der Waals surface area contributed by atoms with Gasteiger partial charge in [0.25, 0.3) is 5.91 Å². The zero-order valence-corrected chi connectivity index (χ0v) is 25.0. The van der Waals surface area contributed by atoms with Gasteiger partial charge >= 0.3 is 12.0 Å². The number of hydrogen-bond acceptors (Lipinski definition) is 4. The molecule has 0 bridgehead atoms. The summed E-state index contributed by atoms with van der Waals surface area (Å²) in [6, 6.07) is 13.9. The second-order valence-electron chi connectivity index (χ2n) is 12.1. The number of esters is 1. The number of carbonyl (C=O) groups is 3. The molecule has 0 aliphatic heterocycles. The van der Waals surface area contributed by atoms with Gasteiger partial charge in [0.05, 0.1) is 18.4 Å². The van der Waals surface area contributed by atoms with Crippen LogP contribution in [-0.2, 0) is 9.53 Å². The largest absolute Gasteiger partial charge is 0.467 e. The molecular formula is C33H43N3O4. The maximum atomic E-state index is 13.6. The summed E-state index contributed by atoms with van der Waals surface area (Å²) in [5.41, 5.74) is 4.53. The lowest BCUT2D eigenvalue weighted by Gasteiger charge is -2.25. The van der Waals surface area contributed by atoms with Gasteiger partial charge in [0.2, 0.25) is 0 Å². The van der Waals surface area contributed by atoms with E-state index in [-0.39, 0.29) is 11.0 Å². The second-order valence-corrected chi connectivity index (χ2v) is 12.1. The molecule has 0 saturated heterocycles. The van der Waals surface area contributed by atoms with Crippen LogP contribution in [0.5, 0.6) is 0 Å². The first-order valence-electron chi connectivity index (χ1n) is 13.8. The van der Waals surface area contributed by atoms with Gasteiger partial charge in [-0.2, -0.15) is 0 Å². The zero-order chi connectivity index (χ0) is 29.6. The molecule has 3 aromatic rings. The minimum Gasteiger partial charge on any atom is -0.467 e. The Bertz CT molecular complexity index is 1370. The molecule has 2 unspecified atom stereocenters. The summed E-state index contributed by atoms with van der Waals surface area (Å²) in [5, 5.41) is 10.4. The van der Waals surface area contributed by atoms with Gasteiger partial charge in [0, 0.05) is 5.69 Å². The molecule has 0 aliphatic carbocycles. The summed E-state index contributed by atoms with van der Waals surface area (Å²) < 4.78 is 5.01. The summed E-state index contributed by atoms with van der Waals surface area (Å²) in [6.07, 6.45) is 2.22. The van der Waals surface area contributed by atoms with E-state index in [9.17, 15) is 14.4 Å². The summed E-state index contributed by atoms with van der Waals surface area (Å²) in [6.45, 7) is 14.6. The highest BCUT2D eigenvalue weighted by atomic mass is 16.5. The smallest absolute Gasteiger partial charge is 0.328 e. The molecule has 0 heterocycles. The first-order chi connectivity index (χ1) is 18.8. The molecule has 3 rings (SSSR count). The Morgan fingerprint density at radius 2 is 1.48 bits per heavy atom.